The highest BCUT2D eigenvalue weighted by molar-refractivity contribution is 5.71. The SMILES string of the molecule is CC(C)CCc1noc(C2CCCCC2C(=O)O)n1. The van der Waals surface area contributed by atoms with Crippen molar-refractivity contribution >= 4 is 5.97 Å². The molecule has 0 amide bonds. The van der Waals surface area contributed by atoms with Crippen LogP contribution in [0.3, 0.4) is 0 Å². The molecule has 0 saturated heterocycles. The Balaban J connectivity index is 2.05. The first-order valence-electron chi connectivity index (χ1n) is 7.13. The van der Waals surface area contributed by atoms with Gasteiger partial charge in [-0.2, -0.15) is 4.98 Å². The van der Waals surface area contributed by atoms with E-state index in [9.17, 15) is 9.90 Å². The van der Waals surface area contributed by atoms with Crippen molar-refractivity contribution in [3.8, 4) is 0 Å². The summed E-state index contributed by atoms with van der Waals surface area (Å²) in [6.45, 7) is 4.31. The standard InChI is InChI=1S/C14H22N2O3/c1-9(2)7-8-12-15-13(19-16-12)10-5-3-4-6-11(10)14(17)18/h9-11H,3-8H2,1-2H3,(H,17,18). The molecule has 0 aromatic carbocycles. The number of hydrogen-bond acceptors (Lipinski definition) is 4. The van der Waals surface area contributed by atoms with E-state index in [1.807, 2.05) is 0 Å². The normalized spacial score (nSPS) is 23.7. The lowest BCUT2D eigenvalue weighted by molar-refractivity contribution is -0.143. The van der Waals surface area contributed by atoms with Crippen molar-refractivity contribution in [2.75, 3.05) is 0 Å². The summed E-state index contributed by atoms with van der Waals surface area (Å²) in [4.78, 5) is 15.7. The van der Waals surface area contributed by atoms with Crippen molar-refractivity contribution in [2.24, 2.45) is 11.8 Å². The first kappa shape index (κ1) is 14.0. The quantitative estimate of drug-likeness (QED) is 0.886. The fraction of sp³-hybridized carbons (Fsp3) is 0.786. The predicted octanol–water partition coefficient (Wildman–Crippen LogP) is 3.02. The summed E-state index contributed by atoms with van der Waals surface area (Å²) in [5.74, 6) is 0.609. The van der Waals surface area contributed by atoms with Crippen LogP contribution >= 0.6 is 0 Å². The van der Waals surface area contributed by atoms with Crippen LogP contribution in [0.1, 0.15) is 63.6 Å². The van der Waals surface area contributed by atoms with Gasteiger partial charge in [0.05, 0.1) is 11.8 Å². The zero-order valence-electron chi connectivity index (χ0n) is 11.6. The summed E-state index contributed by atoms with van der Waals surface area (Å²) in [5, 5.41) is 13.2. The van der Waals surface area contributed by atoms with Crippen LogP contribution in [0.4, 0.5) is 0 Å². The number of rotatable bonds is 5. The molecule has 1 aliphatic carbocycles. The van der Waals surface area contributed by atoms with Gasteiger partial charge in [0.1, 0.15) is 0 Å². The molecule has 1 N–H and O–H groups in total. The zero-order valence-corrected chi connectivity index (χ0v) is 11.6. The summed E-state index contributed by atoms with van der Waals surface area (Å²) in [5.41, 5.74) is 0. The van der Waals surface area contributed by atoms with Crippen LogP contribution in [0.5, 0.6) is 0 Å². The number of carboxylic acid groups (broad SMARTS) is 1. The lowest BCUT2D eigenvalue weighted by atomic mass is 9.79. The molecule has 0 aliphatic heterocycles. The monoisotopic (exact) mass is 266 g/mol. The molecule has 1 aromatic rings. The number of aromatic nitrogens is 2. The largest absolute Gasteiger partial charge is 0.481 e. The minimum atomic E-state index is -0.744. The Bertz CT molecular complexity index is 428. The van der Waals surface area contributed by atoms with Gasteiger partial charge >= 0.3 is 5.97 Å². The third-order valence-electron chi connectivity index (χ3n) is 3.83. The van der Waals surface area contributed by atoms with Gasteiger partial charge in [0.15, 0.2) is 5.82 Å². The predicted molar refractivity (Wildman–Crippen MR) is 69.8 cm³/mol. The topological polar surface area (TPSA) is 76.2 Å². The minimum Gasteiger partial charge on any atom is -0.481 e. The van der Waals surface area contributed by atoms with E-state index < -0.39 is 5.97 Å². The molecule has 1 aromatic heterocycles. The van der Waals surface area contributed by atoms with E-state index in [4.69, 9.17) is 4.52 Å². The average molecular weight is 266 g/mol. The lowest BCUT2D eigenvalue weighted by Gasteiger charge is -2.25. The van der Waals surface area contributed by atoms with Crippen LogP contribution in [0.25, 0.3) is 0 Å². The molecule has 106 valence electrons. The molecule has 2 unspecified atom stereocenters. The molecular formula is C14H22N2O3. The summed E-state index contributed by atoms with van der Waals surface area (Å²) in [6, 6.07) is 0. The highest BCUT2D eigenvalue weighted by atomic mass is 16.5. The number of nitrogens with zero attached hydrogens (tertiary/aromatic N) is 2. The van der Waals surface area contributed by atoms with E-state index in [0.29, 0.717) is 24.1 Å². The van der Waals surface area contributed by atoms with Gasteiger partial charge < -0.3 is 9.63 Å². The van der Waals surface area contributed by atoms with Crippen LogP contribution in [0.2, 0.25) is 0 Å². The van der Waals surface area contributed by atoms with E-state index in [1.165, 1.54) is 0 Å². The average Bonchev–Trinajstić information content (AvgIpc) is 2.85. The Kier molecular flexibility index (Phi) is 4.56. The molecular weight excluding hydrogens is 244 g/mol. The number of aliphatic carboxylic acids is 1. The Morgan fingerprint density at radius 3 is 2.84 bits per heavy atom. The lowest BCUT2D eigenvalue weighted by Crippen LogP contribution is -2.25. The van der Waals surface area contributed by atoms with Crippen molar-refractivity contribution in [1.82, 2.24) is 10.1 Å². The smallest absolute Gasteiger partial charge is 0.307 e. The number of aryl methyl sites for hydroxylation is 1. The zero-order chi connectivity index (χ0) is 13.8. The van der Waals surface area contributed by atoms with Crippen LogP contribution in [-0.4, -0.2) is 21.2 Å². The maximum Gasteiger partial charge on any atom is 0.307 e. The molecule has 1 aliphatic rings. The van der Waals surface area contributed by atoms with Crippen molar-refractivity contribution in [2.45, 2.75) is 58.3 Å². The van der Waals surface area contributed by atoms with E-state index in [1.54, 1.807) is 0 Å². The highest BCUT2D eigenvalue weighted by Gasteiger charge is 2.35. The number of hydrogen-bond donors (Lipinski definition) is 1. The molecule has 5 heteroatoms. The molecule has 0 bridgehead atoms. The van der Waals surface area contributed by atoms with Gasteiger partial charge in [-0.3, -0.25) is 4.79 Å². The minimum absolute atomic E-state index is 0.105. The summed E-state index contributed by atoms with van der Waals surface area (Å²) in [7, 11) is 0. The Hall–Kier alpha value is -1.39. The van der Waals surface area contributed by atoms with Gasteiger partial charge in [-0.25, -0.2) is 0 Å². The maximum atomic E-state index is 11.3. The van der Waals surface area contributed by atoms with Crippen LogP contribution in [0, 0.1) is 11.8 Å². The van der Waals surface area contributed by atoms with Gasteiger partial charge in [-0.1, -0.05) is 31.8 Å². The second-order valence-corrected chi connectivity index (χ2v) is 5.82. The van der Waals surface area contributed by atoms with Crippen molar-refractivity contribution in [3.63, 3.8) is 0 Å². The highest BCUT2D eigenvalue weighted by Crippen LogP contribution is 2.37. The van der Waals surface area contributed by atoms with Gasteiger partial charge in [0, 0.05) is 6.42 Å². The fourth-order valence-corrected chi connectivity index (χ4v) is 2.66. The van der Waals surface area contributed by atoms with Crippen LogP contribution in [0.15, 0.2) is 4.52 Å². The van der Waals surface area contributed by atoms with Gasteiger partial charge in [0.25, 0.3) is 0 Å². The van der Waals surface area contributed by atoms with Gasteiger partial charge in [0.2, 0.25) is 5.89 Å². The second kappa shape index (κ2) is 6.17. The van der Waals surface area contributed by atoms with Crippen molar-refractivity contribution < 1.29 is 14.4 Å². The molecule has 1 fully saturated rings. The van der Waals surface area contributed by atoms with Gasteiger partial charge in [-0.05, 0) is 25.2 Å². The van der Waals surface area contributed by atoms with E-state index in [2.05, 4.69) is 24.0 Å². The van der Waals surface area contributed by atoms with Crippen molar-refractivity contribution in [1.29, 1.82) is 0 Å². The van der Waals surface area contributed by atoms with Crippen molar-refractivity contribution in [3.05, 3.63) is 11.7 Å². The van der Waals surface area contributed by atoms with E-state index in [-0.39, 0.29) is 11.8 Å². The Morgan fingerprint density at radius 1 is 1.42 bits per heavy atom. The van der Waals surface area contributed by atoms with Crippen LogP contribution < -0.4 is 0 Å². The summed E-state index contributed by atoms with van der Waals surface area (Å²) in [6.07, 6.45) is 5.38. The Morgan fingerprint density at radius 2 is 2.16 bits per heavy atom. The summed E-state index contributed by atoms with van der Waals surface area (Å²) < 4.78 is 5.29. The molecule has 2 atom stereocenters. The molecule has 0 radical (unpaired) electrons. The fourth-order valence-electron chi connectivity index (χ4n) is 2.66. The van der Waals surface area contributed by atoms with E-state index in [0.717, 1.165) is 32.1 Å². The first-order chi connectivity index (χ1) is 9.08. The third-order valence-corrected chi connectivity index (χ3v) is 3.83. The molecule has 0 spiro atoms. The van der Waals surface area contributed by atoms with Crippen LogP contribution in [-0.2, 0) is 11.2 Å². The summed E-state index contributed by atoms with van der Waals surface area (Å²) >= 11 is 0. The Labute approximate surface area is 113 Å². The molecule has 1 saturated carbocycles. The molecule has 19 heavy (non-hydrogen) atoms. The second-order valence-electron chi connectivity index (χ2n) is 5.82. The molecule has 5 nitrogen and oxygen atoms in total. The third kappa shape index (κ3) is 3.55. The number of carbonyl (C=O) groups is 1. The van der Waals surface area contributed by atoms with Gasteiger partial charge in [-0.15, -0.1) is 0 Å². The number of carboxylic acids is 1. The maximum absolute atomic E-state index is 11.3. The molecule has 1 heterocycles. The van der Waals surface area contributed by atoms with E-state index >= 15 is 0 Å². The molecule has 2 rings (SSSR count). The first-order valence-corrected chi connectivity index (χ1v) is 7.13.